The highest BCUT2D eigenvalue weighted by atomic mass is 19.1. The molecule has 0 saturated heterocycles. The lowest BCUT2D eigenvalue weighted by molar-refractivity contribution is -0.144. The van der Waals surface area contributed by atoms with Gasteiger partial charge in [0.2, 0.25) is 11.7 Å². The zero-order valence-electron chi connectivity index (χ0n) is 14.3. The highest BCUT2D eigenvalue weighted by Gasteiger charge is 2.32. The first kappa shape index (κ1) is 19.0. The van der Waals surface area contributed by atoms with Crippen molar-refractivity contribution in [2.75, 3.05) is 23.8 Å². The summed E-state index contributed by atoms with van der Waals surface area (Å²) in [5.41, 5.74) is -0.0417. The van der Waals surface area contributed by atoms with Gasteiger partial charge in [0.25, 0.3) is 5.91 Å². The van der Waals surface area contributed by atoms with E-state index < -0.39 is 35.9 Å². The summed E-state index contributed by atoms with van der Waals surface area (Å²) < 4.78 is 36.4. The molecule has 144 valence electrons. The number of anilines is 2. The highest BCUT2D eigenvalue weighted by molar-refractivity contribution is 6.20. The van der Waals surface area contributed by atoms with Crippen molar-refractivity contribution in [3.05, 3.63) is 71.6 Å². The van der Waals surface area contributed by atoms with Crippen molar-refractivity contribution in [3.8, 4) is 0 Å². The van der Waals surface area contributed by atoms with E-state index in [1.807, 2.05) is 0 Å². The van der Waals surface area contributed by atoms with Gasteiger partial charge in [0, 0.05) is 11.8 Å². The highest BCUT2D eigenvalue weighted by Crippen LogP contribution is 2.20. The minimum absolute atomic E-state index is 0.0776. The van der Waals surface area contributed by atoms with Gasteiger partial charge in [0.1, 0.15) is 11.6 Å². The zero-order chi connectivity index (χ0) is 20.1. The molecule has 0 atom stereocenters. The van der Waals surface area contributed by atoms with Crippen molar-refractivity contribution in [2.24, 2.45) is 0 Å². The van der Waals surface area contributed by atoms with Gasteiger partial charge in [-0.3, -0.25) is 9.59 Å². The van der Waals surface area contributed by atoms with Gasteiger partial charge in [-0.05, 0) is 24.3 Å². The smallest absolute Gasteiger partial charge is 0.347 e. The van der Waals surface area contributed by atoms with E-state index >= 15 is 0 Å². The molecule has 0 fully saturated rings. The molecule has 0 unspecified atom stereocenters. The Morgan fingerprint density at radius 3 is 2.57 bits per heavy atom. The van der Waals surface area contributed by atoms with E-state index in [1.165, 1.54) is 0 Å². The number of rotatable bonds is 6. The number of hydrogen-bond acceptors (Lipinski definition) is 6. The van der Waals surface area contributed by atoms with E-state index in [1.54, 1.807) is 30.3 Å². The van der Waals surface area contributed by atoms with Crippen LogP contribution in [0, 0.1) is 11.6 Å². The zero-order valence-corrected chi connectivity index (χ0v) is 14.3. The van der Waals surface area contributed by atoms with E-state index in [9.17, 15) is 23.2 Å². The van der Waals surface area contributed by atoms with Crippen LogP contribution >= 0.6 is 0 Å². The second-order valence-corrected chi connectivity index (χ2v) is 5.66. The van der Waals surface area contributed by atoms with Crippen LogP contribution in [0.5, 0.6) is 0 Å². The van der Waals surface area contributed by atoms with E-state index in [4.69, 9.17) is 9.47 Å². The Labute approximate surface area is 157 Å². The minimum Gasteiger partial charge on any atom is -0.470 e. The van der Waals surface area contributed by atoms with Crippen molar-refractivity contribution < 1.29 is 32.6 Å². The number of Topliss-reactive ketones (excluding diaryl/α,β-unsaturated/α-hetero) is 1. The van der Waals surface area contributed by atoms with Crippen LogP contribution in [0.3, 0.4) is 0 Å². The molecule has 0 spiro atoms. The minimum atomic E-state index is -1.06. The number of carbonyl (C=O) groups is 3. The van der Waals surface area contributed by atoms with Crippen LogP contribution in [0.25, 0.3) is 0 Å². The fourth-order valence-electron chi connectivity index (χ4n) is 2.35. The van der Waals surface area contributed by atoms with Crippen LogP contribution < -0.4 is 10.6 Å². The van der Waals surface area contributed by atoms with Gasteiger partial charge in [-0.15, -0.1) is 0 Å². The number of benzene rings is 2. The maximum atomic E-state index is 13.5. The van der Waals surface area contributed by atoms with Gasteiger partial charge in [-0.2, -0.15) is 0 Å². The van der Waals surface area contributed by atoms with Crippen LogP contribution in [-0.2, 0) is 23.9 Å². The maximum Gasteiger partial charge on any atom is 0.347 e. The monoisotopic (exact) mass is 388 g/mol. The van der Waals surface area contributed by atoms with Gasteiger partial charge in [-0.25, -0.2) is 13.6 Å². The molecule has 28 heavy (non-hydrogen) atoms. The van der Waals surface area contributed by atoms with Gasteiger partial charge < -0.3 is 20.1 Å². The fraction of sp³-hybridized carbons (Fsp3) is 0.105. The summed E-state index contributed by atoms with van der Waals surface area (Å²) in [4.78, 5) is 35.9. The van der Waals surface area contributed by atoms with Crippen molar-refractivity contribution >= 4 is 29.0 Å². The topological polar surface area (TPSA) is 93.7 Å². The molecule has 7 nitrogen and oxygen atoms in total. The van der Waals surface area contributed by atoms with E-state index in [2.05, 4.69) is 10.6 Å². The predicted molar refractivity (Wildman–Crippen MR) is 94.0 cm³/mol. The normalized spacial score (nSPS) is 13.1. The third-order valence-corrected chi connectivity index (χ3v) is 3.63. The van der Waals surface area contributed by atoms with Gasteiger partial charge in [0.15, 0.2) is 18.8 Å². The number of hydrogen-bond donors (Lipinski definition) is 2. The first-order valence-electron chi connectivity index (χ1n) is 8.08. The summed E-state index contributed by atoms with van der Waals surface area (Å²) in [6.45, 7) is -1.11. The SMILES string of the molecule is O=C(COC(=O)C1=C(Nc2ccccc2)OCC1=O)Nc1ccc(F)cc1F. The van der Waals surface area contributed by atoms with Crippen molar-refractivity contribution in [3.63, 3.8) is 0 Å². The average Bonchev–Trinajstić information content (AvgIpc) is 3.03. The summed E-state index contributed by atoms with van der Waals surface area (Å²) in [5, 5.41) is 4.93. The molecule has 0 bridgehead atoms. The molecule has 2 aromatic rings. The third kappa shape index (κ3) is 4.50. The molecule has 9 heteroatoms. The summed E-state index contributed by atoms with van der Waals surface area (Å²) in [7, 11) is 0. The number of esters is 1. The Balaban J connectivity index is 1.63. The fourth-order valence-corrected chi connectivity index (χ4v) is 2.35. The van der Waals surface area contributed by atoms with Crippen LogP contribution in [0.15, 0.2) is 60.0 Å². The van der Waals surface area contributed by atoms with E-state index in [-0.39, 0.29) is 23.8 Å². The molecule has 2 N–H and O–H groups in total. The van der Waals surface area contributed by atoms with E-state index in [0.29, 0.717) is 11.8 Å². The maximum absolute atomic E-state index is 13.5. The molecule has 2 aromatic carbocycles. The Bertz CT molecular complexity index is 960. The largest absolute Gasteiger partial charge is 0.470 e. The molecule has 1 amide bonds. The second-order valence-electron chi connectivity index (χ2n) is 5.66. The molecule has 0 radical (unpaired) electrons. The first-order valence-corrected chi connectivity index (χ1v) is 8.08. The second kappa shape index (κ2) is 8.30. The number of ether oxygens (including phenoxy) is 2. The van der Waals surface area contributed by atoms with Crippen LogP contribution in [-0.4, -0.2) is 30.9 Å². The Morgan fingerprint density at radius 2 is 1.86 bits per heavy atom. The van der Waals surface area contributed by atoms with E-state index in [0.717, 1.165) is 12.1 Å². The summed E-state index contributed by atoms with van der Waals surface area (Å²) >= 11 is 0. The van der Waals surface area contributed by atoms with Crippen molar-refractivity contribution in [2.45, 2.75) is 0 Å². The Hall–Kier alpha value is -3.75. The molecule has 0 saturated carbocycles. The molecule has 0 aromatic heterocycles. The van der Waals surface area contributed by atoms with Crippen molar-refractivity contribution in [1.82, 2.24) is 0 Å². The first-order chi connectivity index (χ1) is 13.4. The van der Waals surface area contributed by atoms with Gasteiger partial charge in [-0.1, -0.05) is 18.2 Å². The summed E-state index contributed by atoms with van der Waals surface area (Å²) in [6.07, 6.45) is 0. The Morgan fingerprint density at radius 1 is 1.11 bits per heavy atom. The van der Waals surface area contributed by atoms with Gasteiger partial charge >= 0.3 is 5.97 Å². The number of para-hydroxylation sites is 1. The van der Waals surface area contributed by atoms with Gasteiger partial charge in [0.05, 0.1) is 5.69 Å². The lowest BCUT2D eigenvalue weighted by Crippen LogP contribution is -2.24. The van der Waals surface area contributed by atoms with Crippen LogP contribution in [0.1, 0.15) is 0 Å². The molecular weight excluding hydrogens is 374 g/mol. The van der Waals surface area contributed by atoms with Crippen LogP contribution in [0.2, 0.25) is 0 Å². The lowest BCUT2D eigenvalue weighted by Gasteiger charge is -2.09. The summed E-state index contributed by atoms with van der Waals surface area (Å²) in [5.74, 6) is -4.37. The quantitative estimate of drug-likeness (QED) is 0.583. The predicted octanol–water partition coefficient (Wildman–Crippen LogP) is 2.37. The van der Waals surface area contributed by atoms with Crippen molar-refractivity contribution in [1.29, 1.82) is 0 Å². The molecule has 1 heterocycles. The number of nitrogens with one attached hydrogen (secondary N) is 2. The standard InChI is InChI=1S/C19H14F2N2O5/c20-11-6-7-14(13(21)8-11)23-16(25)10-28-19(26)17-15(24)9-27-18(17)22-12-4-2-1-3-5-12/h1-8,22H,9-10H2,(H,23,25). The summed E-state index contributed by atoms with van der Waals surface area (Å²) in [6, 6.07) is 11.3. The molecule has 3 rings (SSSR count). The third-order valence-electron chi connectivity index (χ3n) is 3.63. The van der Waals surface area contributed by atoms with Crippen LogP contribution in [0.4, 0.5) is 20.2 Å². The lowest BCUT2D eigenvalue weighted by atomic mass is 10.2. The average molecular weight is 388 g/mol. The Kier molecular flexibility index (Phi) is 5.64. The molecule has 1 aliphatic rings. The number of carbonyl (C=O) groups excluding carboxylic acids is 3. The molecular formula is C19H14F2N2O5. The number of ketones is 1. The number of halogens is 2. The molecule has 1 aliphatic heterocycles. The number of amides is 1. The molecule has 0 aliphatic carbocycles.